The van der Waals surface area contributed by atoms with E-state index in [0.717, 1.165) is 0 Å². The molecule has 0 spiro atoms. The van der Waals surface area contributed by atoms with Crippen molar-refractivity contribution < 1.29 is 5.11 Å². The van der Waals surface area contributed by atoms with Crippen LogP contribution in [0, 0.1) is 0 Å². The lowest BCUT2D eigenvalue weighted by Gasteiger charge is -2.18. The molecule has 0 radical (unpaired) electrons. The van der Waals surface area contributed by atoms with Gasteiger partial charge in [0.1, 0.15) is 0 Å². The van der Waals surface area contributed by atoms with Crippen molar-refractivity contribution in [3.05, 3.63) is 47.3 Å². The van der Waals surface area contributed by atoms with Gasteiger partial charge in [-0.3, -0.25) is 0 Å². The molecule has 1 unspecified atom stereocenters. The Kier molecular flexibility index (Phi) is 4.53. The molecule has 2 rings (SSSR count). The molecule has 0 amide bonds. The molecule has 1 aromatic carbocycles. The Labute approximate surface area is 112 Å². The standard InChI is InChI=1S/C15H19NOS/c1-11(10-17)16-12(2)13-5-7-14(8-6-13)15-4-3-9-18-15/h3-9,11-12,16-17H,10H2,1-2H3/t11-,12?/m1/s1. The molecule has 2 atom stereocenters. The third-order valence-electron chi connectivity index (χ3n) is 3.02. The van der Waals surface area contributed by atoms with E-state index in [0.29, 0.717) is 0 Å². The Morgan fingerprint density at radius 3 is 2.44 bits per heavy atom. The van der Waals surface area contributed by atoms with Crippen LogP contribution in [0.3, 0.4) is 0 Å². The van der Waals surface area contributed by atoms with E-state index in [-0.39, 0.29) is 18.7 Å². The second-order valence-corrected chi connectivity index (χ2v) is 5.52. The van der Waals surface area contributed by atoms with E-state index in [2.05, 4.69) is 54.0 Å². The predicted molar refractivity (Wildman–Crippen MR) is 77.9 cm³/mol. The molecule has 0 fully saturated rings. The molecule has 1 heterocycles. The Balaban J connectivity index is 2.08. The van der Waals surface area contributed by atoms with E-state index in [4.69, 9.17) is 5.11 Å². The molecule has 3 heteroatoms. The van der Waals surface area contributed by atoms with Gasteiger partial charge in [-0.1, -0.05) is 30.3 Å². The largest absolute Gasteiger partial charge is 0.395 e. The van der Waals surface area contributed by atoms with Crippen molar-refractivity contribution in [3.8, 4) is 10.4 Å². The predicted octanol–water partition coefficient (Wildman–Crippen LogP) is 3.45. The van der Waals surface area contributed by atoms with Crippen LogP contribution in [0.2, 0.25) is 0 Å². The maximum Gasteiger partial charge on any atom is 0.0582 e. The highest BCUT2D eigenvalue weighted by Crippen LogP contribution is 2.26. The first-order valence-corrected chi connectivity index (χ1v) is 7.09. The lowest BCUT2D eigenvalue weighted by molar-refractivity contribution is 0.243. The van der Waals surface area contributed by atoms with Crippen molar-refractivity contribution in [1.82, 2.24) is 5.32 Å². The fourth-order valence-corrected chi connectivity index (χ4v) is 2.69. The van der Waals surface area contributed by atoms with E-state index in [1.165, 1.54) is 16.0 Å². The molecule has 0 aliphatic heterocycles. The quantitative estimate of drug-likeness (QED) is 0.864. The summed E-state index contributed by atoms with van der Waals surface area (Å²) in [6, 6.07) is 13.2. The van der Waals surface area contributed by atoms with Gasteiger partial charge in [-0.05, 0) is 36.4 Å². The van der Waals surface area contributed by atoms with Crippen molar-refractivity contribution >= 4 is 11.3 Å². The first-order chi connectivity index (χ1) is 8.70. The molecule has 0 aliphatic rings. The van der Waals surface area contributed by atoms with Crippen LogP contribution in [0.5, 0.6) is 0 Å². The highest BCUT2D eigenvalue weighted by atomic mass is 32.1. The summed E-state index contributed by atoms with van der Waals surface area (Å²) < 4.78 is 0. The number of thiophene rings is 1. The molecule has 2 N–H and O–H groups in total. The normalized spacial score (nSPS) is 14.4. The van der Waals surface area contributed by atoms with E-state index < -0.39 is 0 Å². The summed E-state index contributed by atoms with van der Waals surface area (Å²) in [7, 11) is 0. The highest BCUT2D eigenvalue weighted by molar-refractivity contribution is 7.13. The monoisotopic (exact) mass is 261 g/mol. The molecular weight excluding hydrogens is 242 g/mol. The van der Waals surface area contributed by atoms with Crippen molar-refractivity contribution in [3.63, 3.8) is 0 Å². The first kappa shape index (κ1) is 13.3. The van der Waals surface area contributed by atoms with Crippen molar-refractivity contribution in [2.24, 2.45) is 0 Å². The smallest absolute Gasteiger partial charge is 0.0582 e. The number of hydrogen-bond acceptors (Lipinski definition) is 3. The summed E-state index contributed by atoms with van der Waals surface area (Å²) in [6.45, 7) is 4.26. The first-order valence-electron chi connectivity index (χ1n) is 6.21. The fraction of sp³-hybridized carbons (Fsp3) is 0.333. The Bertz CT molecular complexity index is 464. The van der Waals surface area contributed by atoms with Crippen molar-refractivity contribution in [1.29, 1.82) is 0 Å². The van der Waals surface area contributed by atoms with Crippen LogP contribution in [-0.2, 0) is 0 Å². The average molecular weight is 261 g/mol. The molecule has 2 nitrogen and oxygen atoms in total. The molecule has 1 aromatic heterocycles. The summed E-state index contributed by atoms with van der Waals surface area (Å²) in [5.74, 6) is 0. The molecule has 96 valence electrons. The van der Waals surface area contributed by atoms with Crippen LogP contribution < -0.4 is 5.32 Å². The van der Waals surface area contributed by atoms with Crippen molar-refractivity contribution in [2.75, 3.05) is 6.61 Å². The Morgan fingerprint density at radius 2 is 1.89 bits per heavy atom. The zero-order valence-electron chi connectivity index (χ0n) is 10.8. The van der Waals surface area contributed by atoms with Gasteiger partial charge in [0, 0.05) is 17.0 Å². The van der Waals surface area contributed by atoms with E-state index in [1.807, 2.05) is 6.92 Å². The minimum atomic E-state index is 0.122. The maximum absolute atomic E-state index is 9.04. The molecule has 0 saturated heterocycles. The second-order valence-electron chi connectivity index (χ2n) is 4.57. The van der Waals surface area contributed by atoms with Gasteiger partial charge in [-0.2, -0.15) is 0 Å². The zero-order valence-corrected chi connectivity index (χ0v) is 11.6. The van der Waals surface area contributed by atoms with Crippen LogP contribution >= 0.6 is 11.3 Å². The van der Waals surface area contributed by atoms with Gasteiger partial charge in [0.15, 0.2) is 0 Å². The van der Waals surface area contributed by atoms with E-state index in [9.17, 15) is 0 Å². The van der Waals surface area contributed by atoms with Gasteiger partial charge >= 0.3 is 0 Å². The van der Waals surface area contributed by atoms with Crippen LogP contribution in [0.15, 0.2) is 41.8 Å². The fourth-order valence-electron chi connectivity index (χ4n) is 1.95. The van der Waals surface area contributed by atoms with Crippen LogP contribution in [-0.4, -0.2) is 17.8 Å². The lowest BCUT2D eigenvalue weighted by atomic mass is 10.0. The number of aliphatic hydroxyl groups is 1. The van der Waals surface area contributed by atoms with Gasteiger partial charge in [-0.25, -0.2) is 0 Å². The minimum Gasteiger partial charge on any atom is -0.395 e. The number of hydrogen-bond donors (Lipinski definition) is 2. The van der Waals surface area contributed by atoms with Gasteiger partial charge in [0.05, 0.1) is 6.61 Å². The Morgan fingerprint density at radius 1 is 1.17 bits per heavy atom. The molecule has 18 heavy (non-hydrogen) atoms. The van der Waals surface area contributed by atoms with E-state index >= 15 is 0 Å². The number of rotatable bonds is 5. The zero-order chi connectivity index (χ0) is 13.0. The van der Waals surface area contributed by atoms with Gasteiger partial charge in [-0.15, -0.1) is 11.3 Å². The summed E-state index contributed by atoms with van der Waals surface area (Å²) in [6.07, 6.45) is 0. The third kappa shape index (κ3) is 3.19. The van der Waals surface area contributed by atoms with Gasteiger partial charge in [0.2, 0.25) is 0 Å². The van der Waals surface area contributed by atoms with Crippen molar-refractivity contribution in [2.45, 2.75) is 25.9 Å². The molecular formula is C15H19NOS. The van der Waals surface area contributed by atoms with Crippen LogP contribution in [0.1, 0.15) is 25.5 Å². The number of aliphatic hydroxyl groups excluding tert-OH is 1. The summed E-state index contributed by atoms with van der Waals surface area (Å²) in [5.41, 5.74) is 2.51. The molecule has 0 bridgehead atoms. The molecule has 0 saturated carbocycles. The maximum atomic E-state index is 9.04. The number of nitrogens with one attached hydrogen (secondary N) is 1. The third-order valence-corrected chi connectivity index (χ3v) is 3.94. The number of benzene rings is 1. The summed E-state index contributed by atoms with van der Waals surface area (Å²) in [4.78, 5) is 1.30. The SMILES string of the molecule is CC(N[C@H](C)CO)c1ccc(-c2cccs2)cc1. The van der Waals surface area contributed by atoms with Gasteiger partial charge < -0.3 is 10.4 Å². The molecule has 2 aromatic rings. The highest BCUT2D eigenvalue weighted by Gasteiger charge is 2.08. The molecule has 0 aliphatic carbocycles. The average Bonchev–Trinajstić information content (AvgIpc) is 2.92. The Hall–Kier alpha value is -1.16. The van der Waals surface area contributed by atoms with E-state index in [1.54, 1.807) is 11.3 Å². The topological polar surface area (TPSA) is 32.3 Å². The summed E-state index contributed by atoms with van der Waals surface area (Å²) in [5, 5.41) is 14.5. The minimum absolute atomic E-state index is 0.122. The van der Waals surface area contributed by atoms with Crippen LogP contribution in [0.4, 0.5) is 0 Å². The van der Waals surface area contributed by atoms with Gasteiger partial charge in [0.25, 0.3) is 0 Å². The van der Waals surface area contributed by atoms with Crippen LogP contribution in [0.25, 0.3) is 10.4 Å². The second kappa shape index (κ2) is 6.14. The summed E-state index contributed by atoms with van der Waals surface area (Å²) >= 11 is 1.76. The lowest BCUT2D eigenvalue weighted by Crippen LogP contribution is -2.31.